The quantitative estimate of drug-likeness (QED) is 0.565. The number of rotatable bonds is 0. The molecule has 0 radical (unpaired) electrons. The highest BCUT2D eigenvalue weighted by atomic mass is 35.5. The van der Waals surface area contributed by atoms with Gasteiger partial charge >= 0.3 is 0 Å². The van der Waals surface area contributed by atoms with Crippen LogP contribution in [0.1, 0.15) is 0 Å². The second-order valence-electron chi connectivity index (χ2n) is 2.38. The first-order valence-electron chi connectivity index (χ1n) is 3.84. The fourth-order valence-corrected chi connectivity index (χ4v) is 2.28. The Hall–Kier alpha value is -0.160. The van der Waals surface area contributed by atoms with Gasteiger partial charge in [-0.3, -0.25) is 0 Å². The molecule has 1 aliphatic rings. The molecule has 2 nitrogen and oxygen atoms in total. The molecule has 2 rings (SSSR count). The molecule has 15 heavy (non-hydrogen) atoms. The van der Waals surface area contributed by atoms with E-state index in [0.29, 0.717) is 11.4 Å². The third-order valence-electron chi connectivity index (χ3n) is 1.38. The van der Waals surface area contributed by atoms with E-state index in [-0.39, 0.29) is 24.8 Å². The van der Waals surface area contributed by atoms with Gasteiger partial charge in [-0.15, -0.1) is 24.8 Å². The van der Waals surface area contributed by atoms with Crippen molar-refractivity contribution >= 4 is 57.8 Å². The van der Waals surface area contributed by atoms with Crippen LogP contribution in [0.2, 0.25) is 0 Å². The van der Waals surface area contributed by atoms with Crippen molar-refractivity contribution in [1.82, 2.24) is 0 Å². The predicted octanol–water partition coefficient (Wildman–Crippen LogP) is 3.59. The van der Waals surface area contributed by atoms with Crippen molar-refractivity contribution in [2.75, 3.05) is 17.2 Å². The maximum absolute atomic E-state index is 5.39. The lowest BCUT2D eigenvalue weighted by Gasteiger charge is -1.94. The summed E-state index contributed by atoms with van der Waals surface area (Å²) in [4.78, 5) is 0. The molecule has 86 valence electrons. The van der Waals surface area contributed by atoms with Crippen LogP contribution < -0.4 is 11.5 Å². The maximum Gasteiger partial charge on any atom is 0.0547 e. The van der Waals surface area contributed by atoms with Gasteiger partial charge in [0.05, 0.1) is 11.4 Å². The summed E-state index contributed by atoms with van der Waals surface area (Å²) in [5.74, 6) is 1.20. The van der Waals surface area contributed by atoms with E-state index in [1.165, 1.54) is 5.75 Å². The van der Waals surface area contributed by atoms with Crippen molar-refractivity contribution in [1.29, 1.82) is 0 Å². The molecule has 1 aromatic rings. The Balaban J connectivity index is 0. The fourth-order valence-electron chi connectivity index (χ4n) is 0.707. The smallest absolute Gasteiger partial charge is 0.0547 e. The molecule has 0 aliphatic carbocycles. The minimum atomic E-state index is 0. The first kappa shape index (κ1) is 17.2. The van der Waals surface area contributed by atoms with Crippen molar-refractivity contribution in [2.24, 2.45) is 0 Å². The molecule has 1 heterocycles. The summed E-state index contributed by atoms with van der Waals surface area (Å²) < 4.78 is 0. The van der Waals surface area contributed by atoms with Crippen LogP contribution in [0.15, 0.2) is 35.7 Å². The molecule has 0 atom stereocenters. The summed E-state index contributed by atoms with van der Waals surface area (Å²) in [6, 6.07) is 7.25. The van der Waals surface area contributed by atoms with E-state index in [2.05, 4.69) is 11.5 Å². The fraction of sp³-hybridized carbons (Fsp3) is 0.111. The van der Waals surface area contributed by atoms with E-state index in [9.17, 15) is 0 Å². The Morgan fingerprint density at radius 1 is 1.00 bits per heavy atom. The van der Waals surface area contributed by atoms with Gasteiger partial charge in [0.1, 0.15) is 0 Å². The molecule has 0 saturated carbocycles. The Morgan fingerprint density at radius 3 is 1.73 bits per heavy atom. The van der Waals surface area contributed by atoms with E-state index >= 15 is 0 Å². The molecule has 0 bridgehead atoms. The van der Waals surface area contributed by atoms with Crippen LogP contribution in [0.25, 0.3) is 0 Å². The summed E-state index contributed by atoms with van der Waals surface area (Å²) >= 11 is 0. The molecule has 0 amide bonds. The largest absolute Gasteiger partial charge is 0.397 e. The third kappa shape index (κ3) is 7.73. The lowest BCUT2D eigenvalue weighted by molar-refractivity contribution is 1.67. The highest BCUT2D eigenvalue weighted by molar-refractivity contribution is 8.78. The number of para-hydroxylation sites is 2. The molecule has 0 spiro atoms. The Labute approximate surface area is 110 Å². The van der Waals surface area contributed by atoms with E-state index < -0.39 is 0 Å². The molecule has 0 fully saturated rings. The zero-order chi connectivity index (χ0) is 9.52. The molecular formula is C9H14Cl2N2S2. The van der Waals surface area contributed by atoms with E-state index in [1.54, 1.807) is 12.1 Å². The van der Waals surface area contributed by atoms with Crippen molar-refractivity contribution < 1.29 is 0 Å². The van der Waals surface area contributed by atoms with Crippen molar-refractivity contribution in [3.05, 3.63) is 35.7 Å². The number of anilines is 2. The predicted molar refractivity (Wildman–Crippen MR) is 79.0 cm³/mol. The number of benzene rings is 1. The first-order valence-corrected chi connectivity index (χ1v) is 6.22. The Bertz CT molecular complexity index is 268. The highest BCUT2D eigenvalue weighted by Crippen LogP contribution is 2.27. The minimum Gasteiger partial charge on any atom is -0.397 e. The summed E-state index contributed by atoms with van der Waals surface area (Å²) in [5, 5.41) is 2.12. The molecule has 0 aromatic heterocycles. The van der Waals surface area contributed by atoms with Crippen molar-refractivity contribution in [2.45, 2.75) is 0 Å². The SMILES string of the molecule is C1=CSSC1.Cl.Cl.Nc1ccccc1N. The van der Waals surface area contributed by atoms with Gasteiger partial charge in [-0.25, -0.2) is 0 Å². The first-order chi connectivity index (χ1) is 6.30. The van der Waals surface area contributed by atoms with Gasteiger partial charge < -0.3 is 11.5 Å². The zero-order valence-corrected chi connectivity index (χ0v) is 11.2. The number of halogens is 2. The average molecular weight is 285 g/mol. The topological polar surface area (TPSA) is 52.0 Å². The Morgan fingerprint density at radius 2 is 1.53 bits per heavy atom. The maximum atomic E-state index is 5.39. The van der Waals surface area contributed by atoms with Gasteiger partial charge in [0.2, 0.25) is 0 Å². The highest BCUT2D eigenvalue weighted by Gasteiger charge is 1.86. The van der Waals surface area contributed by atoms with Gasteiger partial charge in [0.15, 0.2) is 0 Å². The number of nitrogens with two attached hydrogens (primary N) is 2. The number of hydrogen-bond donors (Lipinski definition) is 2. The molecule has 6 heteroatoms. The third-order valence-corrected chi connectivity index (χ3v) is 3.30. The van der Waals surface area contributed by atoms with Crippen LogP contribution in [-0.4, -0.2) is 5.75 Å². The monoisotopic (exact) mass is 284 g/mol. The lowest BCUT2D eigenvalue weighted by atomic mass is 10.3. The number of nitrogen functional groups attached to an aromatic ring is 2. The molecular weight excluding hydrogens is 271 g/mol. The normalized spacial score (nSPS) is 11.7. The summed E-state index contributed by atoms with van der Waals surface area (Å²) in [7, 11) is 3.69. The van der Waals surface area contributed by atoms with Crippen LogP contribution in [-0.2, 0) is 0 Å². The van der Waals surface area contributed by atoms with E-state index in [0.717, 1.165) is 0 Å². The van der Waals surface area contributed by atoms with E-state index in [1.807, 2.05) is 33.7 Å². The van der Waals surface area contributed by atoms with Gasteiger partial charge in [-0.1, -0.05) is 39.8 Å². The minimum absolute atomic E-state index is 0. The summed E-state index contributed by atoms with van der Waals surface area (Å²) in [5.41, 5.74) is 12.1. The van der Waals surface area contributed by atoms with Crippen LogP contribution in [0, 0.1) is 0 Å². The molecule has 0 saturated heterocycles. The van der Waals surface area contributed by atoms with Gasteiger partial charge in [0, 0.05) is 5.75 Å². The average Bonchev–Trinajstić information content (AvgIpc) is 2.68. The van der Waals surface area contributed by atoms with E-state index in [4.69, 9.17) is 11.5 Å². The second-order valence-corrected chi connectivity index (χ2v) is 4.70. The molecule has 0 unspecified atom stereocenters. The summed E-state index contributed by atoms with van der Waals surface area (Å²) in [6.07, 6.45) is 2.16. The molecule has 4 N–H and O–H groups in total. The van der Waals surface area contributed by atoms with Crippen LogP contribution in [0.5, 0.6) is 0 Å². The lowest BCUT2D eigenvalue weighted by Crippen LogP contribution is -1.91. The van der Waals surface area contributed by atoms with Gasteiger partial charge in [0.25, 0.3) is 0 Å². The van der Waals surface area contributed by atoms with Crippen molar-refractivity contribution in [3.63, 3.8) is 0 Å². The van der Waals surface area contributed by atoms with Gasteiger partial charge in [-0.05, 0) is 17.5 Å². The summed E-state index contributed by atoms with van der Waals surface area (Å²) in [6.45, 7) is 0. The molecule has 1 aromatic carbocycles. The van der Waals surface area contributed by atoms with Crippen LogP contribution in [0.3, 0.4) is 0 Å². The zero-order valence-electron chi connectivity index (χ0n) is 7.96. The van der Waals surface area contributed by atoms with Crippen molar-refractivity contribution in [3.8, 4) is 0 Å². The van der Waals surface area contributed by atoms with Crippen LogP contribution >= 0.6 is 46.4 Å². The number of hydrogen-bond acceptors (Lipinski definition) is 4. The Kier molecular flexibility index (Phi) is 11.9. The standard InChI is InChI=1S/C6H8N2.C3H4S2.2ClH/c7-5-3-1-2-4-6(5)8;1-2-4-5-3-1;;/h1-4H,7-8H2;1-2H,3H2;2*1H. The molecule has 1 aliphatic heterocycles. The van der Waals surface area contributed by atoms with Crippen LogP contribution in [0.4, 0.5) is 11.4 Å². The van der Waals surface area contributed by atoms with Gasteiger partial charge in [-0.2, -0.15) is 0 Å². The second kappa shape index (κ2) is 10.4.